The van der Waals surface area contributed by atoms with Gasteiger partial charge in [0.1, 0.15) is 0 Å². The Labute approximate surface area is 120 Å². The standard InChI is InChI=1S/C14H14F2N2O3/c1-17-13-8(15)7-9(16)14(18-13)21-12-10(19-2)5-4-6-11(12)20-3/h4-7H,1-3H3,(H,17,18). The van der Waals surface area contributed by atoms with Gasteiger partial charge >= 0.3 is 0 Å². The van der Waals surface area contributed by atoms with Crippen LogP contribution < -0.4 is 19.5 Å². The number of hydrogen-bond acceptors (Lipinski definition) is 5. The van der Waals surface area contributed by atoms with Gasteiger partial charge in [-0.05, 0) is 12.1 Å². The van der Waals surface area contributed by atoms with Crippen LogP contribution in [0.1, 0.15) is 0 Å². The molecular formula is C14H14F2N2O3. The summed E-state index contributed by atoms with van der Waals surface area (Å²) in [7, 11) is 4.35. The van der Waals surface area contributed by atoms with Crippen LogP contribution in [0.25, 0.3) is 0 Å². The largest absolute Gasteiger partial charge is 0.493 e. The molecule has 0 fully saturated rings. The highest BCUT2D eigenvalue weighted by Gasteiger charge is 2.18. The van der Waals surface area contributed by atoms with Crippen molar-refractivity contribution in [3.05, 3.63) is 35.9 Å². The molecule has 2 aromatic rings. The number of methoxy groups -OCH3 is 2. The Balaban J connectivity index is 2.47. The summed E-state index contributed by atoms with van der Waals surface area (Å²) in [6, 6.07) is 5.63. The molecule has 1 aromatic heterocycles. The van der Waals surface area contributed by atoms with E-state index in [1.807, 2.05) is 0 Å². The molecule has 0 saturated carbocycles. The number of hydrogen-bond donors (Lipinski definition) is 1. The molecule has 5 nitrogen and oxygen atoms in total. The fourth-order valence-corrected chi connectivity index (χ4v) is 1.71. The van der Waals surface area contributed by atoms with Crippen LogP contribution in [0.2, 0.25) is 0 Å². The Kier molecular flexibility index (Phi) is 4.42. The van der Waals surface area contributed by atoms with Crippen LogP contribution in [0.15, 0.2) is 24.3 Å². The van der Waals surface area contributed by atoms with Gasteiger partial charge in [0.25, 0.3) is 5.88 Å². The first kappa shape index (κ1) is 14.8. The normalized spacial score (nSPS) is 10.1. The maximum atomic E-state index is 13.8. The highest BCUT2D eigenvalue weighted by Crippen LogP contribution is 2.40. The Morgan fingerprint density at radius 3 is 2.19 bits per heavy atom. The average molecular weight is 296 g/mol. The second-order valence-corrected chi connectivity index (χ2v) is 3.95. The van der Waals surface area contributed by atoms with Gasteiger partial charge in [-0.2, -0.15) is 4.98 Å². The van der Waals surface area contributed by atoms with Gasteiger partial charge in [0, 0.05) is 13.1 Å². The number of aromatic nitrogens is 1. The zero-order chi connectivity index (χ0) is 15.4. The summed E-state index contributed by atoms with van der Waals surface area (Å²) in [6.07, 6.45) is 0. The van der Waals surface area contributed by atoms with Gasteiger partial charge in [-0.25, -0.2) is 8.78 Å². The summed E-state index contributed by atoms with van der Waals surface area (Å²) < 4.78 is 42.9. The smallest absolute Gasteiger partial charge is 0.258 e. The Bertz CT molecular complexity index is 628. The Morgan fingerprint density at radius 1 is 1.05 bits per heavy atom. The number of halogens is 2. The van der Waals surface area contributed by atoms with E-state index in [0.29, 0.717) is 17.6 Å². The molecule has 1 heterocycles. The topological polar surface area (TPSA) is 52.6 Å². The lowest BCUT2D eigenvalue weighted by atomic mass is 10.3. The van der Waals surface area contributed by atoms with Crippen LogP contribution in [0, 0.1) is 11.6 Å². The van der Waals surface area contributed by atoms with E-state index >= 15 is 0 Å². The first-order valence-corrected chi connectivity index (χ1v) is 6.03. The third-order valence-electron chi connectivity index (χ3n) is 2.72. The molecule has 0 spiro atoms. The molecule has 0 aliphatic rings. The zero-order valence-electron chi connectivity index (χ0n) is 11.7. The molecule has 1 aromatic carbocycles. The number of nitrogens with one attached hydrogen (secondary N) is 1. The van der Waals surface area contributed by atoms with Crippen molar-refractivity contribution in [2.75, 3.05) is 26.6 Å². The molecule has 0 aliphatic heterocycles. The van der Waals surface area contributed by atoms with E-state index in [9.17, 15) is 8.78 Å². The van der Waals surface area contributed by atoms with E-state index in [-0.39, 0.29) is 17.4 Å². The van der Waals surface area contributed by atoms with Crippen molar-refractivity contribution in [2.45, 2.75) is 0 Å². The lowest BCUT2D eigenvalue weighted by Crippen LogP contribution is -2.02. The van der Waals surface area contributed by atoms with Gasteiger partial charge in [-0.3, -0.25) is 0 Å². The van der Waals surface area contributed by atoms with Gasteiger partial charge in [-0.15, -0.1) is 0 Å². The number of anilines is 1. The van der Waals surface area contributed by atoms with Gasteiger partial charge in [0.15, 0.2) is 29.0 Å². The fourth-order valence-electron chi connectivity index (χ4n) is 1.71. The molecule has 0 aliphatic carbocycles. The fraction of sp³-hybridized carbons (Fsp3) is 0.214. The third-order valence-corrected chi connectivity index (χ3v) is 2.72. The maximum Gasteiger partial charge on any atom is 0.258 e. The number of nitrogens with zero attached hydrogens (tertiary/aromatic N) is 1. The average Bonchev–Trinajstić information content (AvgIpc) is 2.49. The van der Waals surface area contributed by atoms with Gasteiger partial charge < -0.3 is 19.5 Å². The second kappa shape index (κ2) is 6.25. The minimum absolute atomic E-state index is 0.125. The molecule has 0 bridgehead atoms. The Hall–Kier alpha value is -2.57. The number of para-hydroxylation sites is 1. The first-order chi connectivity index (χ1) is 10.1. The molecule has 7 heteroatoms. The monoisotopic (exact) mass is 296 g/mol. The summed E-state index contributed by atoms with van der Waals surface area (Å²) in [5.74, 6) is -1.42. The molecule has 21 heavy (non-hydrogen) atoms. The van der Waals surface area contributed by atoms with Crippen LogP contribution in [0.3, 0.4) is 0 Å². The number of ether oxygens (including phenoxy) is 3. The predicted octanol–water partition coefficient (Wildman–Crippen LogP) is 3.21. The van der Waals surface area contributed by atoms with Crippen molar-refractivity contribution in [3.63, 3.8) is 0 Å². The minimum atomic E-state index is -0.931. The molecule has 0 saturated heterocycles. The van der Waals surface area contributed by atoms with Crippen LogP contribution in [0.4, 0.5) is 14.6 Å². The van der Waals surface area contributed by atoms with Crippen molar-refractivity contribution in [1.82, 2.24) is 4.98 Å². The van der Waals surface area contributed by atoms with E-state index in [2.05, 4.69) is 10.3 Å². The van der Waals surface area contributed by atoms with E-state index in [4.69, 9.17) is 14.2 Å². The lowest BCUT2D eigenvalue weighted by molar-refractivity contribution is 0.333. The maximum absolute atomic E-state index is 13.8. The number of rotatable bonds is 5. The molecule has 1 N–H and O–H groups in total. The summed E-state index contributed by atoms with van der Waals surface area (Å²) in [5, 5.41) is 2.51. The summed E-state index contributed by atoms with van der Waals surface area (Å²) >= 11 is 0. The first-order valence-electron chi connectivity index (χ1n) is 6.03. The SMILES string of the molecule is CNc1nc(Oc2c(OC)cccc2OC)c(F)cc1F. The lowest BCUT2D eigenvalue weighted by Gasteiger charge is -2.14. The van der Waals surface area contributed by atoms with Crippen LogP contribution in [-0.2, 0) is 0 Å². The quantitative estimate of drug-likeness (QED) is 0.918. The van der Waals surface area contributed by atoms with Gasteiger partial charge in [0.2, 0.25) is 5.75 Å². The van der Waals surface area contributed by atoms with Crippen molar-refractivity contribution >= 4 is 5.82 Å². The number of pyridine rings is 1. The van der Waals surface area contributed by atoms with Crippen LogP contribution in [-0.4, -0.2) is 26.3 Å². The molecule has 0 unspecified atom stereocenters. The molecular weight excluding hydrogens is 282 g/mol. The van der Waals surface area contributed by atoms with E-state index in [0.717, 1.165) is 0 Å². The summed E-state index contributed by atoms with van der Waals surface area (Å²) in [4.78, 5) is 3.74. The highest BCUT2D eigenvalue weighted by molar-refractivity contribution is 5.53. The Morgan fingerprint density at radius 2 is 1.67 bits per heavy atom. The van der Waals surface area contributed by atoms with E-state index in [1.165, 1.54) is 21.3 Å². The molecule has 0 amide bonds. The zero-order valence-corrected chi connectivity index (χ0v) is 11.7. The minimum Gasteiger partial charge on any atom is -0.493 e. The second-order valence-electron chi connectivity index (χ2n) is 3.95. The van der Waals surface area contributed by atoms with Crippen molar-refractivity contribution in [3.8, 4) is 23.1 Å². The molecule has 0 radical (unpaired) electrons. The predicted molar refractivity (Wildman–Crippen MR) is 73.3 cm³/mol. The van der Waals surface area contributed by atoms with Crippen LogP contribution >= 0.6 is 0 Å². The molecule has 112 valence electrons. The van der Waals surface area contributed by atoms with E-state index < -0.39 is 11.6 Å². The van der Waals surface area contributed by atoms with Gasteiger partial charge in [0.05, 0.1) is 14.2 Å². The van der Waals surface area contributed by atoms with Crippen molar-refractivity contribution in [2.24, 2.45) is 0 Å². The summed E-state index contributed by atoms with van der Waals surface area (Å²) in [5.41, 5.74) is 0. The van der Waals surface area contributed by atoms with Crippen molar-refractivity contribution in [1.29, 1.82) is 0 Å². The molecule has 2 rings (SSSR count). The summed E-state index contributed by atoms with van der Waals surface area (Å²) in [6.45, 7) is 0. The van der Waals surface area contributed by atoms with Crippen LogP contribution in [0.5, 0.6) is 23.1 Å². The number of benzene rings is 1. The van der Waals surface area contributed by atoms with Gasteiger partial charge in [-0.1, -0.05) is 6.07 Å². The third kappa shape index (κ3) is 2.96. The highest BCUT2D eigenvalue weighted by atomic mass is 19.1. The van der Waals surface area contributed by atoms with Crippen molar-refractivity contribution < 1.29 is 23.0 Å². The van der Waals surface area contributed by atoms with E-state index in [1.54, 1.807) is 18.2 Å². The molecule has 0 atom stereocenters.